The molecule has 0 unspecified atom stereocenters. The standard InChI is InChI=1S/BF4.H3NO/c2-1(3,4)5;1-2/h;2H,1H2/q-1;. The van der Waals surface area contributed by atoms with Crippen LogP contribution in [0.4, 0.5) is 17.3 Å². The molecule has 0 spiro atoms. The smallest absolute Gasteiger partial charge is 0.418 e. The Morgan fingerprint density at radius 3 is 1.00 bits per heavy atom. The van der Waals surface area contributed by atoms with Gasteiger partial charge in [0.2, 0.25) is 0 Å². The molecule has 0 heterocycles. The van der Waals surface area contributed by atoms with Crippen LogP contribution in [0.3, 0.4) is 0 Å². The molecule has 0 aromatic heterocycles. The molecule has 0 atom stereocenters. The Balaban J connectivity index is 0. The van der Waals surface area contributed by atoms with Crippen LogP contribution in [0.5, 0.6) is 0 Å². The van der Waals surface area contributed by atoms with Crippen LogP contribution in [0.25, 0.3) is 0 Å². The number of nitrogens with two attached hydrogens (primary N) is 1. The summed E-state index contributed by atoms with van der Waals surface area (Å²) in [6.07, 6.45) is 0. The first kappa shape index (κ1) is 9.86. The summed E-state index contributed by atoms with van der Waals surface area (Å²) in [7, 11) is -6.00. The van der Waals surface area contributed by atoms with Crippen LogP contribution in [0.15, 0.2) is 0 Å². The van der Waals surface area contributed by atoms with E-state index in [0.717, 1.165) is 0 Å². The number of hydrogen-bond donors (Lipinski definition) is 2. The van der Waals surface area contributed by atoms with E-state index in [-0.39, 0.29) is 0 Å². The highest BCUT2D eigenvalue weighted by Gasteiger charge is 2.20. The number of rotatable bonds is 0. The monoisotopic (exact) mass is 120 g/mol. The largest absolute Gasteiger partial charge is 0.673 e. The van der Waals surface area contributed by atoms with Crippen molar-refractivity contribution in [3.63, 3.8) is 0 Å². The van der Waals surface area contributed by atoms with Gasteiger partial charge >= 0.3 is 7.25 Å². The molecule has 0 aliphatic heterocycles. The van der Waals surface area contributed by atoms with E-state index < -0.39 is 7.25 Å². The van der Waals surface area contributed by atoms with Crippen molar-refractivity contribution in [2.45, 2.75) is 0 Å². The van der Waals surface area contributed by atoms with E-state index in [4.69, 9.17) is 5.21 Å². The fourth-order valence-electron chi connectivity index (χ4n) is 0. The quantitative estimate of drug-likeness (QED) is 0.279. The maximum Gasteiger partial charge on any atom is 0.673 e. The van der Waals surface area contributed by atoms with Crippen LogP contribution in [0, 0.1) is 0 Å². The van der Waals surface area contributed by atoms with Gasteiger partial charge in [0.1, 0.15) is 0 Å². The third-order valence-corrected chi connectivity index (χ3v) is 0. The second-order valence-corrected chi connectivity index (χ2v) is 0.495. The molecule has 0 amide bonds. The fraction of sp³-hybridized carbons (Fsp3) is 0. The normalized spacial score (nSPS) is 9.43. The summed E-state index contributed by atoms with van der Waals surface area (Å²) in [5.41, 5.74) is 0. The van der Waals surface area contributed by atoms with Crippen LogP contribution in [-0.2, 0) is 0 Å². The first-order valence-corrected chi connectivity index (χ1v) is 1.13. The summed E-state index contributed by atoms with van der Waals surface area (Å²) in [6.45, 7) is 0. The van der Waals surface area contributed by atoms with E-state index in [1.165, 1.54) is 0 Å². The average molecular weight is 120 g/mol. The fourth-order valence-corrected chi connectivity index (χ4v) is 0. The summed E-state index contributed by atoms with van der Waals surface area (Å²) in [4.78, 5) is 0. The molecule has 7 heteroatoms. The predicted octanol–water partition coefficient (Wildman–Crippen LogP) is 0.634. The van der Waals surface area contributed by atoms with Crippen LogP contribution < -0.4 is 5.90 Å². The topological polar surface area (TPSA) is 46.2 Å². The van der Waals surface area contributed by atoms with E-state index in [2.05, 4.69) is 5.90 Å². The van der Waals surface area contributed by atoms with E-state index in [1.54, 1.807) is 0 Å². The Labute approximate surface area is 37.0 Å². The van der Waals surface area contributed by atoms with Crippen molar-refractivity contribution in [3.8, 4) is 0 Å². The Morgan fingerprint density at radius 2 is 1.00 bits per heavy atom. The molecule has 3 N–H and O–H groups in total. The molecule has 0 fully saturated rings. The molecule has 7 heavy (non-hydrogen) atoms. The van der Waals surface area contributed by atoms with Crippen molar-refractivity contribution in [1.82, 2.24) is 0 Å². The minimum atomic E-state index is -6.00. The molecule has 0 saturated heterocycles. The Bertz CT molecular complexity index is 27.2. The van der Waals surface area contributed by atoms with Gasteiger partial charge in [-0.05, 0) is 0 Å². The van der Waals surface area contributed by atoms with Gasteiger partial charge in [0.25, 0.3) is 0 Å². The minimum Gasteiger partial charge on any atom is -0.418 e. The molecule has 0 bridgehead atoms. The van der Waals surface area contributed by atoms with Gasteiger partial charge in [-0.15, -0.1) is 0 Å². The van der Waals surface area contributed by atoms with Crippen molar-refractivity contribution in [2.24, 2.45) is 5.90 Å². The number of hydrogen-bond acceptors (Lipinski definition) is 2. The molecular weight excluding hydrogens is 117 g/mol. The van der Waals surface area contributed by atoms with E-state index in [1.807, 2.05) is 0 Å². The van der Waals surface area contributed by atoms with Crippen molar-refractivity contribution in [2.75, 3.05) is 0 Å². The molecule has 46 valence electrons. The summed E-state index contributed by atoms with van der Waals surface area (Å²) in [6, 6.07) is 0. The molecular formula is H3BF4NO-. The molecule has 0 rings (SSSR count). The number of halogens is 4. The van der Waals surface area contributed by atoms with Gasteiger partial charge in [-0.1, -0.05) is 0 Å². The molecule has 0 radical (unpaired) electrons. The van der Waals surface area contributed by atoms with Gasteiger partial charge < -0.3 is 22.5 Å². The van der Waals surface area contributed by atoms with Gasteiger partial charge in [0, 0.05) is 0 Å². The minimum absolute atomic E-state index is 3.50. The Kier molecular flexibility index (Phi) is 5.46. The van der Waals surface area contributed by atoms with Crippen LogP contribution in [0.2, 0.25) is 0 Å². The third-order valence-electron chi connectivity index (χ3n) is 0. The molecule has 0 aliphatic carbocycles. The van der Waals surface area contributed by atoms with Crippen molar-refractivity contribution in [1.29, 1.82) is 0 Å². The van der Waals surface area contributed by atoms with E-state index >= 15 is 0 Å². The highest BCUT2D eigenvalue weighted by Crippen LogP contribution is 2.06. The highest BCUT2D eigenvalue weighted by atomic mass is 19.5. The second-order valence-electron chi connectivity index (χ2n) is 0.495. The molecule has 2 nitrogen and oxygen atoms in total. The van der Waals surface area contributed by atoms with E-state index in [9.17, 15) is 17.3 Å². The zero-order chi connectivity index (χ0) is 6.50. The van der Waals surface area contributed by atoms with Gasteiger partial charge in [-0.2, -0.15) is 0 Å². The van der Waals surface area contributed by atoms with Crippen molar-refractivity contribution < 1.29 is 22.5 Å². The average Bonchev–Trinajstić information content (AvgIpc) is 1.36. The zero-order valence-electron chi connectivity index (χ0n) is 3.11. The lowest BCUT2D eigenvalue weighted by molar-refractivity contribution is 0.311. The molecule has 0 saturated carbocycles. The summed E-state index contributed by atoms with van der Waals surface area (Å²) in [5.74, 6) is 3.50. The predicted molar refractivity (Wildman–Crippen MR) is 16.2 cm³/mol. The van der Waals surface area contributed by atoms with Gasteiger partial charge in [0.05, 0.1) is 0 Å². The Hall–Kier alpha value is -0.295. The lowest BCUT2D eigenvalue weighted by Gasteiger charge is -1.94. The highest BCUT2D eigenvalue weighted by molar-refractivity contribution is 6.50. The molecule has 0 aromatic rings. The molecule has 0 aliphatic rings. The van der Waals surface area contributed by atoms with Crippen molar-refractivity contribution >= 4 is 7.25 Å². The second kappa shape index (κ2) is 3.88. The lowest BCUT2D eigenvalue weighted by Crippen LogP contribution is -2.02. The van der Waals surface area contributed by atoms with Crippen molar-refractivity contribution in [3.05, 3.63) is 0 Å². The summed E-state index contributed by atoms with van der Waals surface area (Å²) in [5, 5.41) is 6.50. The lowest BCUT2D eigenvalue weighted by atomic mass is 10.3. The zero-order valence-corrected chi connectivity index (χ0v) is 3.11. The van der Waals surface area contributed by atoms with E-state index in [0.29, 0.717) is 0 Å². The SMILES string of the molecule is F[B-](F)(F)F.NO. The Morgan fingerprint density at radius 1 is 1.00 bits per heavy atom. The van der Waals surface area contributed by atoms with Gasteiger partial charge in [-0.3, -0.25) is 0 Å². The maximum absolute atomic E-state index is 9.75. The maximum atomic E-state index is 9.75. The first-order chi connectivity index (χ1) is 3.00. The van der Waals surface area contributed by atoms with Gasteiger partial charge in [-0.25, -0.2) is 5.90 Å². The van der Waals surface area contributed by atoms with Crippen LogP contribution in [-0.4, -0.2) is 12.5 Å². The third kappa shape index (κ3) is 899. The molecule has 0 aromatic carbocycles. The van der Waals surface area contributed by atoms with Gasteiger partial charge in [0.15, 0.2) is 0 Å². The van der Waals surface area contributed by atoms with Crippen LogP contribution in [0.1, 0.15) is 0 Å². The first-order valence-electron chi connectivity index (χ1n) is 1.13. The van der Waals surface area contributed by atoms with Crippen LogP contribution >= 0.6 is 0 Å². The summed E-state index contributed by atoms with van der Waals surface area (Å²) >= 11 is 0. The summed E-state index contributed by atoms with van der Waals surface area (Å²) < 4.78 is 39.0.